The topological polar surface area (TPSA) is 17.8 Å². The quantitative estimate of drug-likeness (QED) is 0.167. The lowest BCUT2D eigenvalue weighted by molar-refractivity contribution is 0.803. The van der Waals surface area contributed by atoms with Gasteiger partial charge < -0.3 is 0 Å². The Morgan fingerprint density at radius 1 is 0.453 bits per heavy atom. The van der Waals surface area contributed by atoms with Gasteiger partial charge in [-0.2, -0.15) is 0 Å². The summed E-state index contributed by atoms with van der Waals surface area (Å²) in [5, 5.41) is 7.76. The van der Waals surface area contributed by atoms with Crippen LogP contribution in [0.1, 0.15) is 28.1 Å². The van der Waals surface area contributed by atoms with Crippen LogP contribution in [0.2, 0.25) is 0 Å². The van der Waals surface area contributed by atoms with Crippen molar-refractivity contribution < 1.29 is 0 Å². The lowest BCUT2D eigenvalue weighted by atomic mass is 9.69. The number of benzene rings is 9. The second-order valence-corrected chi connectivity index (χ2v) is 14.7. The summed E-state index contributed by atoms with van der Waals surface area (Å²) in [6.07, 6.45) is 0. The normalized spacial score (nSPS) is 13.5. The Balaban J connectivity index is 1.16. The molecule has 1 aromatic heterocycles. The van der Waals surface area contributed by atoms with E-state index in [1.165, 1.54) is 88.0 Å². The minimum Gasteiger partial charge on any atom is -0.297 e. The third-order valence-corrected chi connectivity index (χ3v) is 12.1. The minimum atomic E-state index is -0.453. The van der Waals surface area contributed by atoms with Crippen LogP contribution in [0.5, 0.6) is 0 Å². The first-order valence-corrected chi connectivity index (χ1v) is 18.5. The zero-order valence-corrected chi connectivity index (χ0v) is 29.1. The molecule has 1 spiro atoms. The molecule has 0 saturated heterocycles. The maximum Gasteiger partial charge on any atom is 0.111 e. The molecule has 2 aliphatic carbocycles. The number of imidazole rings is 1. The summed E-state index contributed by atoms with van der Waals surface area (Å²) in [5.41, 5.74) is 16.1. The molecule has 0 unspecified atom stereocenters. The molecule has 1 heterocycles. The van der Waals surface area contributed by atoms with Crippen LogP contribution in [0.15, 0.2) is 176 Å². The molecule has 0 fully saturated rings. The molecule has 2 nitrogen and oxygen atoms in total. The molecule has 9 aromatic carbocycles. The van der Waals surface area contributed by atoms with Gasteiger partial charge >= 0.3 is 0 Å². The SMILES string of the molecule is Cc1nc2ccccc2n1-c1cccc(-c2ccc3cc4c(cc3c2)C2(c3ccccc3-c3ccccc32)c2c-4c3ccccc3c3ccccc23)c1. The second-order valence-electron chi connectivity index (χ2n) is 14.7. The molecule has 0 atom stereocenters. The van der Waals surface area contributed by atoms with Gasteiger partial charge in [0.1, 0.15) is 5.82 Å². The highest BCUT2D eigenvalue weighted by Gasteiger charge is 2.53. The zero-order chi connectivity index (χ0) is 34.8. The van der Waals surface area contributed by atoms with Gasteiger partial charge in [-0.15, -0.1) is 0 Å². The van der Waals surface area contributed by atoms with Crippen LogP contribution in [0, 0.1) is 6.92 Å². The highest BCUT2D eigenvalue weighted by atomic mass is 15.1. The number of nitrogens with zero attached hydrogens (tertiary/aromatic N) is 2. The van der Waals surface area contributed by atoms with Crippen molar-refractivity contribution in [1.82, 2.24) is 9.55 Å². The molecule has 53 heavy (non-hydrogen) atoms. The maximum absolute atomic E-state index is 4.85. The van der Waals surface area contributed by atoms with Gasteiger partial charge in [0.15, 0.2) is 0 Å². The van der Waals surface area contributed by atoms with Gasteiger partial charge in [-0.05, 0) is 137 Å². The Morgan fingerprint density at radius 3 is 1.89 bits per heavy atom. The van der Waals surface area contributed by atoms with Gasteiger partial charge in [0.25, 0.3) is 0 Å². The molecule has 0 radical (unpaired) electrons. The summed E-state index contributed by atoms with van der Waals surface area (Å²) in [5.74, 6) is 0.986. The third kappa shape index (κ3) is 3.70. The molecular weight excluding hydrogens is 641 g/mol. The predicted octanol–water partition coefficient (Wildman–Crippen LogP) is 12.8. The minimum absolute atomic E-state index is 0.453. The highest BCUT2D eigenvalue weighted by Crippen LogP contribution is 2.65. The van der Waals surface area contributed by atoms with E-state index >= 15 is 0 Å². The fourth-order valence-corrected chi connectivity index (χ4v) is 10.0. The van der Waals surface area contributed by atoms with Crippen molar-refractivity contribution in [1.29, 1.82) is 0 Å². The molecule has 10 aromatic rings. The van der Waals surface area contributed by atoms with Crippen molar-refractivity contribution in [2.75, 3.05) is 0 Å². The number of rotatable bonds is 2. The van der Waals surface area contributed by atoms with Crippen molar-refractivity contribution >= 4 is 43.4 Å². The number of fused-ring (bicyclic) bond motifs is 17. The van der Waals surface area contributed by atoms with E-state index in [1.54, 1.807) is 0 Å². The maximum atomic E-state index is 4.85. The molecule has 0 N–H and O–H groups in total. The Bertz CT molecular complexity index is 3150. The average molecular weight is 673 g/mol. The van der Waals surface area contributed by atoms with Gasteiger partial charge in [-0.3, -0.25) is 4.57 Å². The van der Waals surface area contributed by atoms with Crippen molar-refractivity contribution in [3.63, 3.8) is 0 Å². The standard InChI is InChI=1S/C51H32N2/c1-31-52-47-23-10-11-24-48(47)53(31)36-14-12-13-32(28-36)33-25-26-34-29-43-46(30-35(34)27-33)51(44-21-8-6-17-39(44)40-18-7-9-22-45(40)51)50-42-20-5-3-16-38(42)37-15-2-4-19-41(37)49(43)50/h2-30H,1H3. The predicted molar refractivity (Wildman–Crippen MR) is 220 cm³/mol. The Hall–Kier alpha value is -6.77. The van der Waals surface area contributed by atoms with Crippen LogP contribution in [-0.2, 0) is 5.41 Å². The van der Waals surface area contributed by atoms with Gasteiger partial charge in [0, 0.05) is 5.69 Å². The average Bonchev–Trinajstić information content (AvgIpc) is 3.82. The number of aryl methyl sites for hydroxylation is 1. The van der Waals surface area contributed by atoms with Crippen LogP contribution in [0.4, 0.5) is 0 Å². The molecule has 2 heteroatoms. The van der Waals surface area contributed by atoms with Gasteiger partial charge in [-0.25, -0.2) is 4.98 Å². The number of aromatic nitrogens is 2. The van der Waals surface area contributed by atoms with Gasteiger partial charge in [-0.1, -0.05) is 133 Å². The summed E-state index contributed by atoms with van der Waals surface area (Å²) in [6, 6.07) is 65.6. The molecule has 0 saturated carbocycles. The molecule has 246 valence electrons. The van der Waals surface area contributed by atoms with Crippen molar-refractivity contribution in [2.45, 2.75) is 12.3 Å². The van der Waals surface area contributed by atoms with Gasteiger partial charge in [0.2, 0.25) is 0 Å². The molecule has 0 amide bonds. The lowest BCUT2D eigenvalue weighted by Crippen LogP contribution is -2.26. The Kier molecular flexibility index (Phi) is 5.67. The molecule has 12 rings (SSSR count). The van der Waals surface area contributed by atoms with E-state index in [1.807, 2.05) is 0 Å². The van der Waals surface area contributed by atoms with Crippen LogP contribution in [0.25, 0.3) is 82.4 Å². The Morgan fingerprint density at radius 2 is 1.09 bits per heavy atom. The molecule has 0 aliphatic heterocycles. The van der Waals surface area contributed by atoms with E-state index in [-0.39, 0.29) is 0 Å². The van der Waals surface area contributed by atoms with E-state index in [0.29, 0.717) is 0 Å². The van der Waals surface area contributed by atoms with Crippen LogP contribution < -0.4 is 0 Å². The van der Waals surface area contributed by atoms with Crippen LogP contribution in [0.3, 0.4) is 0 Å². The monoisotopic (exact) mass is 672 g/mol. The van der Waals surface area contributed by atoms with E-state index in [2.05, 4.69) is 187 Å². The summed E-state index contributed by atoms with van der Waals surface area (Å²) in [4.78, 5) is 4.85. The van der Waals surface area contributed by atoms with E-state index in [4.69, 9.17) is 4.98 Å². The van der Waals surface area contributed by atoms with Crippen molar-refractivity contribution in [3.8, 4) is 39.1 Å². The first-order chi connectivity index (χ1) is 26.2. The summed E-state index contributed by atoms with van der Waals surface area (Å²) in [6.45, 7) is 2.09. The van der Waals surface area contributed by atoms with E-state index in [0.717, 1.165) is 22.5 Å². The van der Waals surface area contributed by atoms with Crippen LogP contribution in [-0.4, -0.2) is 9.55 Å². The van der Waals surface area contributed by atoms with Crippen LogP contribution >= 0.6 is 0 Å². The summed E-state index contributed by atoms with van der Waals surface area (Å²) >= 11 is 0. The molecule has 2 aliphatic rings. The lowest BCUT2D eigenvalue weighted by Gasteiger charge is -2.32. The first-order valence-electron chi connectivity index (χ1n) is 18.5. The molecule has 0 bridgehead atoms. The number of hydrogen-bond acceptors (Lipinski definition) is 1. The van der Waals surface area contributed by atoms with E-state index < -0.39 is 5.41 Å². The highest BCUT2D eigenvalue weighted by molar-refractivity contribution is 6.20. The fourth-order valence-electron chi connectivity index (χ4n) is 10.0. The zero-order valence-electron chi connectivity index (χ0n) is 29.1. The second kappa shape index (κ2) is 10.4. The molecular formula is C51H32N2. The Labute approximate surface area is 307 Å². The first kappa shape index (κ1) is 28.9. The number of hydrogen-bond donors (Lipinski definition) is 0. The largest absolute Gasteiger partial charge is 0.297 e. The summed E-state index contributed by atoms with van der Waals surface area (Å²) < 4.78 is 2.26. The van der Waals surface area contributed by atoms with E-state index in [9.17, 15) is 0 Å². The smallest absolute Gasteiger partial charge is 0.111 e. The number of para-hydroxylation sites is 2. The van der Waals surface area contributed by atoms with Gasteiger partial charge in [0.05, 0.1) is 16.4 Å². The third-order valence-electron chi connectivity index (χ3n) is 12.1. The summed E-state index contributed by atoms with van der Waals surface area (Å²) in [7, 11) is 0. The fraction of sp³-hybridized carbons (Fsp3) is 0.0392. The van der Waals surface area contributed by atoms with Crippen molar-refractivity contribution in [2.24, 2.45) is 0 Å². The van der Waals surface area contributed by atoms with Crippen molar-refractivity contribution in [3.05, 3.63) is 204 Å².